The molecule has 0 aromatic rings. The predicted octanol–water partition coefficient (Wildman–Crippen LogP) is 23.2. The van der Waals surface area contributed by atoms with Crippen LogP contribution in [0.1, 0.15) is 329 Å². The van der Waals surface area contributed by atoms with Crippen molar-refractivity contribution in [3.8, 4) is 0 Å². The van der Waals surface area contributed by atoms with Gasteiger partial charge in [0.25, 0.3) is 0 Å². The van der Waals surface area contributed by atoms with Crippen LogP contribution in [0.5, 0.6) is 0 Å². The quantitative estimate of drug-likeness (QED) is 0.0261. The predicted molar refractivity (Wildman–Crippen MR) is 344 cm³/mol. The first-order valence-corrected chi connectivity index (χ1v) is 33.7. The zero-order valence-electron chi connectivity index (χ0n) is 52.1. The van der Waals surface area contributed by atoms with Gasteiger partial charge in [-0.3, -0.25) is 14.4 Å². The molecule has 0 saturated carbocycles. The lowest BCUT2D eigenvalue weighted by Crippen LogP contribution is -2.30. The van der Waals surface area contributed by atoms with Gasteiger partial charge < -0.3 is 14.2 Å². The maximum Gasteiger partial charge on any atom is 0.306 e. The molecule has 0 fully saturated rings. The number of rotatable bonds is 61. The zero-order chi connectivity index (χ0) is 57.1. The fraction of sp³-hybridized carbons (Fsp3) is 0.740. The monoisotopic (exact) mass is 1100 g/mol. The van der Waals surface area contributed by atoms with Crippen LogP contribution in [-0.4, -0.2) is 37.2 Å². The molecule has 0 heterocycles. The highest BCUT2D eigenvalue weighted by molar-refractivity contribution is 5.71. The van der Waals surface area contributed by atoms with Gasteiger partial charge in [-0.1, -0.05) is 304 Å². The van der Waals surface area contributed by atoms with Gasteiger partial charge in [0.1, 0.15) is 13.2 Å². The molecule has 6 nitrogen and oxygen atoms in total. The second-order valence-corrected chi connectivity index (χ2v) is 22.4. The Bertz CT molecular complexity index is 1540. The van der Waals surface area contributed by atoms with Crippen LogP contribution in [0.3, 0.4) is 0 Å². The number of carbonyl (C=O) groups excluding carboxylic acids is 3. The molecule has 0 aliphatic rings. The number of unbranched alkanes of at least 4 members (excludes halogenated alkanes) is 34. The van der Waals surface area contributed by atoms with Crippen LogP contribution in [0, 0.1) is 0 Å². The molecular formula is C73H126O6. The highest BCUT2D eigenvalue weighted by Gasteiger charge is 2.19. The van der Waals surface area contributed by atoms with E-state index in [-0.39, 0.29) is 31.1 Å². The molecule has 0 aliphatic carbocycles. The minimum Gasteiger partial charge on any atom is -0.462 e. The zero-order valence-corrected chi connectivity index (χ0v) is 52.1. The Morgan fingerprint density at radius 2 is 0.494 bits per heavy atom. The lowest BCUT2D eigenvalue weighted by molar-refractivity contribution is -0.167. The summed E-state index contributed by atoms with van der Waals surface area (Å²) in [6.45, 7) is 6.50. The number of carbonyl (C=O) groups is 3. The van der Waals surface area contributed by atoms with E-state index in [1.54, 1.807) is 0 Å². The Morgan fingerprint density at radius 3 is 0.797 bits per heavy atom. The van der Waals surface area contributed by atoms with Crippen molar-refractivity contribution in [1.29, 1.82) is 0 Å². The number of allylic oxidation sites excluding steroid dienone is 16. The van der Waals surface area contributed by atoms with Crippen LogP contribution in [0.2, 0.25) is 0 Å². The molecule has 1 unspecified atom stereocenters. The molecule has 0 bridgehead atoms. The molecule has 0 rings (SSSR count). The fourth-order valence-corrected chi connectivity index (χ4v) is 9.54. The van der Waals surface area contributed by atoms with E-state index in [2.05, 4.69) is 118 Å². The number of hydrogen-bond acceptors (Lipinski definition) is 6. The number of esters is 3. The summed E-state index contributed by atoms with van der Waals surface area (Å²) in [5.74, 6) is -0.881. The SMILES string of the molecule is CC/C=C\C/C=C\C/C=C\C/C=C\C/C=C\CCCCCCCCCCCCCCCCCCCC(=O)OCC(COC(=O)CCCCCCCCCCC)OC(=O)CCCCCCCC/C=C\C/C=C\C/C=C\CCCCC. The van der Waals surface area contributed by atoms with Crippen molar-refractivity contribution in [1.82, 2.24) is 0 Å². The lowest BCUT2D eigenvalue weighted by Gasteiger charge is -2.18. The molecule has 0 saturated heterocycles. The van der Waals surface area contributed by atoms with Gasteiger partial charge in [-0.2, -0.15) is 0 Å². The van der Waals surface area contributed by atoms with Crippen LogP contribution >= 0.6 is 0 Å². The largest absolute Gasteiger partial charge is 0.462 e. The van der Waals surface area contributed by atoms with E-state index in [0.717, 1.165) is 116 Å². The molecule has 0 N–H and O–H groups in total. The van der Waals surface area contributed by atoms with Crippen molar-refractivity contribution in [2.45, 2.75) is 335 Å². The Hall–Kier alpha value is -3.67. The molecule has 6 heteroatoms. The minimum atomic E-state index is -0.781. The smallest absolute Gasteiger partial charge is 0.306 e. The summed E-state index contributed by atoms with van der Waals surface area (Å²) in [7, 11) is 0. The van der Waals surface area contributed by atoms with Crippen molar-refractivity contribution in [2.75, 3.05) is 13.2 Å². The van der Waals surface area contributed by atoms with Gasteiger partial charge >= 0.3 is 17.9 Å². The fourth-order valence-electron chi connectivity index (χ4n) is 9.54. The molecule has 0 radical (unpaired) electrons. The van der Waals surface area contributed by atoms with Gasteiger partial charge in [-0.25, -0.2) is 0 Å². The molecule has 0 aromatic carbocycles. The Labute approximate surface area is 489 Å². The van der Waals surface area contributed by atoms with Gasteiger partial charge in [0, 0.05) is 19.3 Å². The molecule has 79 heavy (non-hydrogen) atoms. The molecule has 0 spiro atoms. The highest BCUT2D eigenvalue weighted by Crippen LogP contribution is 2.17. The topological polar surface area (TPSA) is 78.9 Å². The van der Waals surface area contributed by atoms with Crippen LogP contribution in [0.15, 0.2) is 97.2 Å². The average molecular weight is 1100 g/mol. The molecule has 0 amide bonds. The van der Waals surface area contributed by atoms with E-state index in [0.29, 0.717) is 19.3 Å². The second kappa shape index (κ2) is 66.8. The Kier molecular flexibility index (Phi) is 63.7. The van der Waals surface area contributed by atoms with Crippen molar-refractivity contribution >= 4 is 17.9 Å². The lowest BCUT2D eigenvalue weighted by atomic mass is 10.0. The van der Waals surface area contributed by atoms with Crippen LogP contribution < -0.4 is 0 Å². The standard InChI is InChI=1S/C73H126O6/c1-4-7-10-13-16-19-21-23-25-27-29-30-31-32-33-34-35-36-37-38-39-40-41-42-44-45-47-49-51-54-57-60-63-66-72(75)78-69-70(68-77-71(74)65-62-59-56-53-18-15-12-9-6-3)79-73(76)67-64-61-58-55-52-50-48-46-43-28-26-24-22-20-17-14-11-8-5-2/h7,10,16-17,19-20,23-26,29-30,32-33,43,46,70H,4-6,8-9,11-15,18,21-22,27-28,31,34-42,44-45,47-69H2,1-3H3/b10-7-,19-16-,20-17-,25-23-,26-24-,30-29-,33-32-,46-43-. The van der Waals surface area contributed by atoms with Gasteiger partial charge in [-0.05, 0) is 103 Å². The maximum absolute atomic E-state index is 12.9. The summed E-state index contributed by atoms with van der Waals surface area (Å²) >= 11 is 0. The van der Waals surface area contributed by atoms with Crippen molar-refractivity contribution in [3.05, 3.63) is 97.2 Å². The Balaban J connectivity index is 4.11. The van der Waals surface area contributed by atoms with E-state index in [1.807, 2.05) is 0 Å². The average Bonchev–Trinajstić information content (AvgIpc) is 3.45. The summed E-state index contributed by atoms with van der Waals surface area (Å²) in [5.41, 5.74) is 0. The molecular weight excluding hydrogens is 973 g/mol. The van der Waals surface area contributed by atoms with Gasteiger partial charge in [-0.15, -0.1) is 0 Å². The normalized spacial score (nSPS) is 12.7. The molecule has 1 atom stereocenters. The first-order chi connectivity index (χ1) is 39.0. The van der Waals surface area contributed by atoms with Gasteiger partial charge in [0.15, 0.2) is 6.10 Å². The number of ether oxygens (including phenoxy) is 3. The minimum absolute atomic E-state index is 0.0785. The highest BCUT2D eigenvalue weighted by atomic mass is 16.6. The van der Waals surface area contributed by atoms with E-state index in [1.165, 1.54) is 173 Å². The third kappa shape index (κ3) is 65.0. The van der Waals surface area contributed by atoms with Crippen molar-refractivity contribution in [2.24, 2.45) is 0 Å². The summed E-state index contributed by atoms with van der Waals surface area (Å²) in [6, 6.07) is 0. The summed E-state index contributed by atoms with van der Waals surface area (Å²) in [6.07, 6.45) is 90.1. The summed E-state index contributed by atoms with van der Waals surface area (Å²) < 4.78 is 16.9. The van der Waals surface area contributed by atoms with E-state index in [9.17, 15) is 14.4 Å². The first kappa shape index (κ1) is 75.3. The molecule has 454 valence electrons. The number of hydrogen-bond donors (Lipinski definition) is 0. The maximum atomic E-state index is 12.9. The third-order valence-electron chi connectivity index (χ3n) is 14.6. The van der Waals surface area contributed by atoms with Crippen molar-refractivity contribution in [3.63, 3.8) is 0 Å². The van der Waals surface area contributed by atoms with E-state index in [4.69, 9.17) is 14.2 Å². The summed E-state index contributed by atoms with van der Waals surface area (Å²) in [5, 5.41) is 0. The van der Waals surface area contributed by atoms with E-state index >= 15 is 0 Å². The van der Waals surface area contributed by atoms with Crippen molar-refractivity contribution < 1.29 is 28.6 Å². The third-order valence-corrected chi connectivity index (χ3v) is 14.6. The van der Waals surface area contributed by atoms with Crippen LogP contribution in [0.4, 0.5) is 0 Å². The van der Waals surface area contributed by atoms with Gasteiger partial charge in [0.05, 0.1) is 0 Å². The Morgan fingerprint density at radius 1 is 0.266 bits per heavy atom. The molecule has 0 aliphatic heterocycles. The molecule has 0 aromatic heterocycles. The second-order valence-electron chi connectivity index (χ2n) is 22.4. The van der Waals surface area contributed by atoms with Crippen LogP contribution in [-0.2, 0) is 28.6 Å². The van der Waals surface area contributed by atoms with E-state index < -0.39 is 6.10 Å². The van der Waals surface area contributed by atoms with Crippen LogP contribution in [0.25, 0.3) is 0 Å². The van der Waals surface area contributed by atoms with Gasteiger partial charge in [0.2, 0.25) is 0 Å². The first-order valence-electron chi connectivity index (χ1n) is 33.7. The summed E-state index contributed by atoms with van der Waals surface area (Å²) in [4.78, 5) is 38.2.